The van der Waals surface area contributed by atoms with Gasteiger partial charge in [-0.2, -0.15) is 0 Å². The Hall–Kier alpha value is -2.37. The Morgan fingerprint density at radius 2 is 0.679 bits per heavy atom. The van der Waals surface area contributed by atoms with Gasteiger partial charge in [-0.25, -0.2) is 0 Å². The van der Waals surface area contributed by atoms with Crippen LogP contribution in [-0.4, -0.2) is 37.2 Å². The van der Waals surface area contributed by atoms with Crippen molar-refractivity contribution in [2.24, 2.45) is 0 Å². The van der Waals surface area contributed by atoms with E-state index in [1.54, 1.807) is 0 Å². The lowest BCUT2D eigenvalue weighted by atomic mass is 10.1. The van der Waals surface area contributed by atoms with Crippen molar-refractivity contribution in [3.05, 3.63) is 36.5 Å². The Morgan fingerprint density at radius 3 is 1.09 bits per heavy atom. The molecule has 6 heteroatoms. The van der Waals surface area contributed by atoms with Crippen molar-refractivity contribution in [3.63, 3.8) is 0 Å². The Kier molecular flexibility index (Phi) is 43.4. The fourth-order valence-corrected chi connectivity index (χ4v) is 6.72. The summed E-state index contributed by atoms with van der Waals surface area (Å²) in [6.45, 7) is 6.55. The summed E-state index contributed by atoms with van der Waals surface area (Å²) in [5.74, 6) is -0.964. The SMILES string of the molecule is CCCCCC/C=C\CCCCCCCCCC(=O)OCC(COC(=O)CCCCCCCCCCCC)OC(=O)CC/C=C\C/C=C\CCCCCCCC. The van der Waals surface area contributed by atoms with Gasteiger partial charge >= 0.3 is 17.9 Å². The number of esters is 3. The molecule has 0 spiro atoms. The van der Waals surface area contributed by atoms with Crippen LogP contribution >= 0.6 is 0 Å². The lowest BCUT2D eigenvalue weighted by Crippen LogP contribution is -2.30. The summed E-state index contributed by atoms with van der Waals surface area (Å²) >= 11 is 0. The first-order valence-electron chi connectivity index (χ1n) is 24.0. The van der Waals surface area contributed by atoms with Crippen LogP contribution in [0.3, 0.4) is 0 Å². The Balaban J connectivity index is 4.41. The monoisotopic (exact) mass is 787 g/mol. The molecule has 1 unspecified atom stereocenters. The molecule has 0 saturated heterocycles. The van der Waals surface area contributed by atoms with Gasteiger partial charge in [0.15, 0.2) is 6.10 Å². The Morgan fingerprint density at radius 1 is 0.357 bits per heavy atom. The number of allylic oxidation sites excluding steroid dienone is 6. The van der Waals surface area contributed by atoms with Crippen molar-refractivity contribution in [2.75, 3.05) is 13.2 Å². The van der Waals surface area contributed by atoms with Crippen LogP contribution in [0, 0.1) is 0 Å². The largest absolute Gasteiger partial charge is 0.462 e. The fourth-order valence-electron chi connectivity index (χ4n) is 6.72. The second-order valence-electron chi connectivity index (χ2n) is 16.0. The van der Waals surface area contributed by atoms with Crippen LogP contribution < -0.4 is 0 Å². The number of unbranched alkanes of at least 4 members (excludes halogenated alkanes) is 26. The molecule has 56 heavy (non-hydrogen) atoms. The molecule has 6 nitrogen and oxygen atoms in total. The zero-order valence-corrected chi connectivity index (χ0v) is 37.2. The third kappa shape index (κ3) is 42.8. The molecule has 0 aliphatic heterocycles. The van der Waals surface area contributed by atoms with Crippen molar-refractivity contribution in [3.8, 4) is 0 Å². The van der Waals surface area contributed by atoms with E-state index in [4.69, 9.17) is 14.2 Å². The van der Waals surface area contributed by atoms with Gasteiger partial charge in [-0.3, -0.25) is 14.4 Å². The van der Waals surface area contributed by atoms with E-state index in [2.05, 4.69) is 51.2 Å². The molecule has 0 aromatic heterocycles. The second-order valence-corrected chi connectivity index (χ2v) is 16.0. The Labute approximate surface area is 346 Å². The van der Waals surface area contributed by atoms with Gasteiger partial charge in [0.05, 0.1) is 0 Å². The summed E-state index contributed by atoms with van der Waals surface area (Å²) in [5, 5.41) is 0. The number of hydrogen-bond donors (Lipinski definition) is 0. The van der Waals surface area contributed by atoms with E-state index in [-0.39, 0.29) is 37.5 Å². The molecule has 0 aromatic carbocycles. The van der Waals surface area contributed by atoms with Gasteiger partial charge in [-0.1, -0.05) is 198 Å². The summed E-state index contributed by atoms with van der Waals surface area (Å²) in [4.78, 5) is 37.7. The maximum atomic E-state index is 12.7. The van der Waals surface area contributed by atoms with Crippen molar-refractivity contribution in [2.45, 2.75) is 252 Å². The van der Waals surface area contributed by atoms with E-state index in [1.165, 1.54) is 148 Å². The molecule has 0 saturated carbocycles. The van der Waals surface area contributed by atoms with Crippen LogP contribution in [0.2, 0.25) is 0 Å². The number of carbonyl (C=O) groups excluding carboxylic acids is 3. The van der Waals surface area contributed by atoms with Gasteiger partial charge in [-0.15, -0.1) is 0 Å². The first kappa shape index (κ1) is 53.6. The summed E-state index contributed by atoms with van der Waals surface area (Å²) in [6, 6.07) is 0. The third-order valence-electron chi connectivity index (χ3n) is 10.4. The van der Waals surface area contributed by atoms with E-state index in [0.717, 1.165) is 51.4 Å². The molecule has 0 amide bonds. The maximum Gasteiger partial charge on any atom is 0.306 e. The maximum absolute atomic E-state index is 12.7. The van der Waals surface area contributed by atoms with E-state index in [1.807, 2.05) is 6.08 Å². The summed E-state index contributed by atoms with van der Waals surface area (Å²) in [6.07, 6.45) is 51.4. The van der Waals surface area contributed by atoms with E-state index >= 15 is 0 Å². The lowest BCUT2D eigenvalue weighted by molar-refractivity contribution is -0.166. The van der Waals surface area contributed by atoms with Crippen LogP contribution in [0.4, 0.5) is 0 Å². The molecular formula is C50H90O6. The number of hydrogen-bond acceptors (Lipinski definition) is 6. The van der Waals surface area contributed by atoms with Crippen LogP contribution in [0.1, 0.15) is 245 Å². The van der Waals surface area contributed by atoms with Crippen LogP contribution in [0.15, 0.2) is 36.5 Å². The van der Waals surface area contributed by atoms with Gasteiger partial charge in [-0.05, 0) is 64.2 Å². The quantitative estimate of drug-likeness (QED) is 0.0265. The first-order valence-corrected chi connectivity index (χ1v) is 24.0. The Bertz CT molecular complexity index is 953. The van der Waals surface area contributed by atoms with E-state index in [9.17, 15) is 14.4 Å². The third-order valence-corrected chi connectivity index (χ3v) is 10.4. The first-order chi connectivity index (χ1) is 27.5. The molecule has 0 aliphatic rings. The van der Waals surface area contributed by atoms with E-state index in [0.29, 0.717) is 19.3 Å². The zero-order valence-electron chi connectivity index (χ0n) is 37.2. The average molecular weight is 787 g/mol. The van der Waals surface area contributed by atoms with Gasteiger partial charge in [0.25, 0.3) is 0 Å². The van der Waals surface area contributed by atoms with Crippen molar-refractivity contribution < 1.29 is 28.6 Å². The van der Waals surface area contributed by atoms with Gasteiger partial charge in [0, 0.05) is 19.3 Å². The summed E-state index contributed by atoms with van der Waals surface area (Å²) < 4.78 is 16.7. The lowest BCUT2D eigenvalue weighted by Gasteiger charge is -2.18. The molecule has 0 rings (SSSR count). The highest BCUT2D eigenvalue weighted by Gasteiger charge is 2.19. The summed E-state index contributed by atoms with van der Waals surface area (Å²) in [7, 11) is 0. The standard InChI is InChI=1S/C50H90O6/c1-4-7-10-13-16-19-22-24-25-27-28-31-34-37-40-43-49(52)55-46-47(45-54-48(51)42-39-36-33-30-21-18-15-12-9-6-3)56-50(53)44-41-38-35-32-29-26-23-20-17-14-11-8-5-2/h19,22,26,29,35,38,47H,4-18,20-21,23-25,27-28,30-34,36-37,39-46H2,1-3H3/b22-19-,29-26-,38-35-. The zero-order chi connectivity index (χ0) is 40.8. The number of carbonyl (C=O) groups is 3. The minimum Gasteiger partial charge on any atom is -0.462 e. The molecule has 0 aliphatic carbocycles. The highest BCUT2D eigenvalue weighted by Crippen LogP contribution is 2.14. The predicted octanol–water partition coefficient (Wildman–Crippen LogP) is 15.4. The van der Waals surface area contributed by atoms with Crippen molar-refractivity contribution >= 4 is 17.9 Å². The minimum atomic E-state index is -0.798. The second kappa shape index (κ2) is 45.3. The average Bonchev–Trinajstić information content (AvgIpc) is 3.19. The van der Waals surface area contributed by atoms with Crippen LogP contribution in [0.5, 0.6) is 0 Å². The predicted molar refractivity (Wildman–Crippen MR) is 238 cm³/mol. The molecule has 0 aromatic rings. The van der Waals surface area contributed by atoms with Crippen molar-refractivity contribution in [1.29, 1.82) is 0 Å². The number of ether oxygens (including phenoxy) is 3. The van der Waals surface area contributed by atoms with Crippen LogP contribution in [-0.2, 0) is 28.6 Å². The van der Waals surface area contributed by atoms with Gasteiger partial charge in [0.2, 0.25) is 0 Å². The summed E-state index contributed by atoms with van der Waals surface area (Å²) in [5.41, 5.74) is 0. The minimum absolute atomic E-state index is 0.0936. The van der Waals surface area contributed by atoms with Gasteiger partial charge < -0.3 is 14.2 Å². The topological polar surface area (TPSA) is 78.9 Å². The fraction of sp³-hybridized carbons (Fsp3) is 0.820. The molecule has 0 radical (unpaired) electrons. The molecule has 0 N–H and O–H groups in total. The van der Waals surface area contributed by atoms with Gasteiger partial charge in [0.1, 0.15) is 13.2 Å². The molecule has 0 heterocycles. The molecule has 0 fully saturated rings. The molecule has 326 valence electrons. The molecule has 1 atom stereocenters. The van der Waals surface area contributed by atoms with Crippen molar-refractivity contribution in [1.82, 2.24) is 0 Å². The normalized spacial score (nSPS) is 12.3. The highest BCUT2D eigenvalue weighted by molar-refractivity contribution is 5.71. The molecular weight excluding hydrogens is 697 g/mol. The highest BCUT2D eigenvalue weighted by atomic mass is 16.6. The molecule has 0 bridgehead atoms. The van der Waals surface area contributed by atoms with E-state index < -0.39 is 6.10 Å². The number of rotatable bonds is 43. The van der Waals surface area contributed by atoms with Crippen LogP contribution in [0.25, 0.3) is 0 Å². The smallest absolute Gasteiger partial charge is 0.306 e.